The van der Waals surface area contributed by atoms with E-state index in [4.69, 9.17) is 16.3 Å². The lowest BCUT2D eigenvalue weighted by molar-refractivity contribution is -0.141. The Bertz CT molecular complexity index is 342. The fraction of sp³-hybridized carbons (Fsp3) is 0.417. The quantitative estimate of drug-likeness (QED) is 0.612. The van der Waals surface area contributed by atoms with Crippen molar-refractivity contribution in [3.63, 3.8) is 0 Å². The molecule has 0 amide bonds. The lowest BCUT2D eigenvalue weighted by atomic mass is 10.1. The number of carbonyl (C=O) groups excluding carboxylic acids is 1. The van der Waals surface area contributed by atoms with Crippen molar-refractivity contribution in [2.45, 2.75) is 13.3 Å². The molecule has 0 heterocycles. The number of carbonyl (C=O) groups is 1. The molecule has 0 spiro atoms. The molecular weight excluding hydrogens is 226 g/mol. The van der Waals surface area contributed by atoms with Gasteiger partial charge in [-0.2, -0.15) is 0 Å². The van der Waals surface area contributed by atoms with Gasteiger partial charge in [0, 0.05) is 5.02 Å². The van der Waals surface area contributed by atoms with Crippen LogP contribution in [0.15, 0.2) is 24.3 Å². The summed E-state index contributed by atoms with van der Waals surface area (Å²) in [5.41, 5.74) is 1.08. The summed E-state index contributed by atoms with van der Waals surface area (Å²) >= 11 is 6.00. The van der Waals surface area contributed by atoms with E-state index < -0.39 is 0 Å². The number of rotatable bonds is 6. The van der Waals surface area contributed by atoms with E-state index >= 15 is 0 Å². The van der Waals surface area contributed by atoms with E-state index in [0.29, 0.717) is 13.2 Å². The highest BCUT2D eigenvalue weighted by molar-refractivity contribution is 6.31. The molecule has 1 aromatic carbocycles. The van der Waals surface area contributed by atoms with Crippen LogP contribution in [0.5, 0.6) is 0 Å². The van der Waals surface area contributed by atoms with Gasteiger partial charge in [0.2, 0.25) is 0 Å². The monoisotopic (exact) mass is 241 g/mol. The Morgan fingerprint density at radius 2 is 2.19 bits per heavy atom. The van der Waals surface area contributed by atoms with Gasteiger partial charge in [-0.05, 0) is 31.5 Å². The minimum atomic E-state index is -0.221. The van der Waals surface area contributed by atoms with Gasteiger partial charge in [-0.25, -0.2) is 0 Å². The van der Waals surface area contributed by atoms with Crippen molar-refractivity contribution in [3.8, 4) is 0 Å². The first kappa shape index (κ1) is 13.0. The van der Waals surface area contributed by atoms with Gasteiger partial charge >= 0.3 is 5.97 Å². The number of esters is 1. The van der Waals surface area contributed by atoms with Crippen molar-refractivity contribution < 1.29 is 9.53 Å². The summed E-state index contributed by atoms with van der Waals surface area (Å²) in [6.07, 6.45) is 0.805. The van der Waals surface area contributed by atoms with Gasteiger partial charge in [0.25, 0.3) is 0 Å². The molecule has 0 atom stereocenters. The zero-order chi connectivity index (χ0) is 11.8. The summed E-state index contributed by atoms with van der Waals surface area (Å²) in [6, 6.07) is 7.70. The predicted molar refractivity (Wildman–Crippen MR) is 64.7 cm³/mol. The lowest BCUT2D eigenvalue weighted by Gasteiger charge is -2.05. The van der Waals surface area contributed by atoms with Crippen LogP contribution in [-0.4, -0.2) is 25.7 Å². The Morgan fingerprint density at radius 3 is 2.88 bits per heavy atom. The van der Waals surface area contributed by atoms with E-state index in [9.17, 15) is 4.79 Å². The van der Waals surface area contributed by atoms with Gasteiger partial charge in [0.15, 0.2) is 0 Å². The van der Waals surface area contributed by atoms with Crippen molar-refractivity contribution in [1.29, 1.82) is 0 Å². The molecule has 0 aliphatic rings. The van der Waals surface area contributed by atoms with Crippen LogP contribution in [0.2, 0.25) is 5.02 Å². The topological polar surface area (TPSA) is 38.3 Å². The van der Waals surface area contributed by atoms with Crippen molar-refractivity contribution in [2.24, 2.45) is 0 Å². The molecule has 0 unspecified atom stereocenters. The van der Waals surface area contributed by atoms with Crippen molar-refractivity contribution >= 4 is 17.6 Å². The van der Waals surface area contributed by atoms with Gasteiger partial charge in [-0.15, -0.1) is 0 Å². The number of halogens is 1. The minimum absolute atomic E-state index is 0.221. The molecule has 1 N–H and O–H groups in total. The van der Waals surface area contributed by atoms with E-state index in [1.165, 1.54) is 0 Å². The highest BCUT2D eigenvalue weighted by atomic mass is 35.5. The zero-order valence-corrected chi connectivity index (χ0v) is 10.1. The molecule has 1 aromatic rings. The maximum atomic E-state index is 11.0. The molecule has 4 heteroatoms. The van der Waals surface area contributed by atoms with Crippen LogP contribution in [0.4, 0.5) is 0 Å². The molecule has 0 bridgehead atoms. The summed E-state index contributed by atoms with van der Waals surface area (Å²) < 4.78 is 4.79. The van der Waals surface area contributed by atoms with Crippen molar-refractivity contribution in [2.75, 3.05) is 19.7 Å². The minimum Gasteiger partial charge on any atom is -0.465 e. The number of ether oxygens (including phenoxy) is 1. The van der Waals surface area contributed by atoms with E-state index in [-0.39, 0.29) is 12.5 Å². The van der Waals surface area contributed by atoms with E-state index in [1.54, 1.807) is 6.92 Å². The number of hydrogen-bond acceptors (Lipinski definition) is 3. The largest absolute Gasteiger partial charge is 0.465 e. The molecule has 88 valence electrons. The first-order valence-corrected chi connectivity index (χ1v) is 5.71. The van der Waals surface area contributed by atoms with Crippen molar-refractivity contribution in [1.82, 2.24) is 5.32 Å². The Hall–Kier alpha value is -1.06. The molecule has 0 radical (unpaired) electrons. The number of nitrogens with one attached hydrogen (secondary N) is 1. The van der Waals surface area contributed by atoms with Crippen LogP contribution in [0, 0.1) is 0 Å². The normalized spacial score (nSPS) is 10.1. The average molecular weight is 242 g/mol. The third-order valence-electron chi connectivity index (χ3n) is 2.10. The molecule has 1 rings (SSSR count). The summed E-state index contributed by atoms with van der Waals surface area (Å²) in [4.78, 5) is 11.0. The second-order valence-electron chi connectivity index (χ2n) is 3.32. The van der Waals surface area contributed by atoms with Crippen LogP contribution in [-0.2, 0) is 16.0 Å². The number of benzene rings is 1. The first-order chi connectivity index (χ1) is 7.74. The molecule has 16 heavy (non-hydrogen) atoms. The number of hydrogen-bond donors (Lipinski definition) is 1. The third-order valence-corrected chi connectivity index (χ3v) is 2.47. The SMILES string of the molecule is CCOC(=O)CNCCc1ccccc1Cl. The van der Waals surface area contributed by atoms with Crippen LogP contribution in [0.25, 0.3) is 0 Å². The Balaban J connectivity index is 2.21. The standard InChI is InChI=1S/C12H16ClNO2/c1-2-16-12(15)9-14-8-7-10-5-3-4-6-11(10)13/h3-6,14H,2,7-9H2,1H3. The van der Waals surface area contributed by atoms with Crippen LogP contribution < -0.4 is 5.32 Å². The predicted octanol–water partition coefficient (Wildman–Crippen LogP) is 2.04. The highest BCUT2D eigenvalue weighted by Crippen LogP contribution is 2.14. The van der Waals surface area contributed by atoms with Gasteiger partial charge in [0.1, 0.15) is 0 Å². The van der Waals surface area contributed by atoms with E-state index in [0.717, 1.165) is 17.0 Å². The van der Waals surface area contributed by atoms with E-state index in [2.05, 4.69) is 5.32 Å². The molecule has 0 saturated heterocycles. The summed E-state index contributed by atoms with van der Waals surface area (Å²) in [5, 5.41) is 3.78. The Morgan fingerprint density at radius 1 is 1.44 bits per heavy atom. The van der Waals surface area contributed by atoms with Gasteiger partial charge in [-0.3, -0.25) is 4.79 Å². The average Bonchev–Trinajstić information content (AvgIpc) is 2.27. The highest BCUT2D eigenvalue weighted by Gasteiger charge is 2.01. The zero-order valence-electron chi connectivity index (χ0n) is 9.33. The molecule has 3 nitrogen and oxygen atoms in total. The smallest absolute Gasteiger partial charge is 0.319 e. The molecule has 0 aliphatic heterocycles. The molecule has 0 fully saturated rings. The van der Waals surface area contributed by atoms with E-state index in [1.807, 2.05) is 24.3 Å². The van der Waals surface area contributed by atoms with Gasteiger partial charge in [-0.1, -0.05) is 29.8 Å². The summed E-state index contributed by atoms with van der Waals surface area (Å²) in [7, 11) is 0. The lowest BCUT2D eigenvalue weighted by Crippen LogP contribution is -2.26. The summed E-state index contributed by atoms with van der Waals surface area (Å²) in [5.74, 6) is -0.221. The Labute approximate surface area is 101 Å². The van der Waals surface area contributed by atoms with Crippen LogP contribution in [0.3, 0.4) is 0 Å². The first-order valence-electron chi connectivity index (χ1n) is 5.33. The molecule has 0 aromatic heterocycles. The maximum absolute atomic E-state index is 11.0. The van der Waals surface area contributed by atoms with Gasteiger partial charge < -0.3 is 10.1 Å². The van der Waals surface area contributed by atoms with Gasteiger partial charge in [0.05, 0.1) is 13.2 Å². The maximum Gasteiger partial charge on any atom is 0.319 e. The fourth-order valence-electron chi connectivity index (χ4n) is 1.33. The van der Waals surface area contributed by atoms with Crippen molar-refractivity contribution in [3.05, 3.63) is 34.9 Å². The summed E-state index contributed by atoms with van der Waals surface area (Å²) in [6.45, 7) is 3.17. The van der Waals surface area contributed by atoms with Crippen LogP contribution >= 0.6 is 11.6 Å². The molecular formula is C12H16ClNO2. The second-order valence-corrected chi connectivity index (χ2v) is 3.73. The van der Waals surface area contributed by atoms with Crippen LogP contribution in [0.1, 0.15) is 12.5 Å². The molecule has 0 saturated carbocycles. The molecule has 0 aliphatic carbocycles. The Kier molecular flexibility index (Phi) is 5.90. The second kappa shape index (κ2) is 7.25. The third kappa shape index (κ3) is 4.64. The fourth-order valence-corrected chi connectivity index (χ4v) is 1.56.